The monoisotopic (exact) mass is 280 g/mol. The molecule has 1 aromatic heterocycles. The van der Waals surface area contributed by atoms with Crippen LogP contribution in [0, 0.1) is 6.92 Å². The van der Waals surface area contributed by atoms with E-state index in [0.717, 1.165) is 0 Å². The van der Waals surface area contributed by atoms with Gasteiger partial charge in [-0.15, -0.1) is 11.3 Å². The van der Waals surface area contributed by atoms with Crippen LogP contribution in [0.15, 0.2) is 12.1 Å². The predicted molar refractivity (Wildman–Crippen MR) is 85.0 cm³/mol. The zero-order chi connectivity index (χ0) is 13.8. The van der Waals surface area contributed by atoms with Crippen LogP contribution in [0.5, 0.6) is 0 Å². The molecule has 2 atom stereocenters. The quantitative estimate of drug-likeness (QED) is 0.878. The molecule has 2 rings (SSSR count). The van der Waals surface area contributed by atoms with Gasteiger partial charge >= 0.3 is 0 Å². The van der Waals surface area contributed by atoms with Crippen LogP contribution in [0.2, 0.25) is 0 Å². The van der Waals surface area contributed by atoms with Crippen LogP contribution in [0.3, 0.4) is 0 Å². The van der Waals surface area contributed by atoms with Crippen molar-refractivity contribution in [2.24, 2.45) is 0 Å². The van der Waals surface area contributed by atoms with E-state index >= 15 is 0 Å². The standard InChI is InChI=1S/C16H28N2S/c1-12(2)18(11-15-7-5-6-10-17-15)14(4)16-9-8-13(3)19-16/h8-9,12,14-15,17H,5-7,10-11H2,1-4H3. The Balaban J connectivity index is 2.02. The SMILES string of the molecule is Cc1ccc(C(C)N(CC2CCCCN2)C(C)C)s1. The third-order valence-electron chi connectivity index (χ3n) is 4.18. The van der Waals surface area contributed by atoms with Gasteiger partial charge in [-0.05, 0) is 59.2 Å². The fraction of sp³-hybridized carbons (Fsp3) is 0.750. The molecule has 0 saturated carbocycles. The van der Waals surface area contributed by atoms with Crippen LogP contribution >= 0.6 is 11.3 Å². The summed E-state index contributed by atoms with van der Waals surface area (Å²) in [5.74, 6) is 0. The number of nitrogens with zero attached hydrogens (tertiary/aromatic N) is 1. The number of hydrogen-bond donors (Lipinski definition) is 1. The molecule has 1 saturated heterocycles. The first-order valence-electron chi connectivity index (χ1n) is 7.63. The third-order valence-corrected chi connectivity index (χ3v) is 5.35. The first kappa shape index (κ1) is 15.0. The smallest absolute Gasteiger partial charge is 0.0416 e. The molecule has 2 nitrogen and oxygen atoms in total. The van der Waals surface area contributed by atoms with Gasteiger partial charge in [-0.2, -0.15) is 0 Å². The van der Waals surface area contributed by atoms with Crippen molar-refractivity contribution in [3.63, 3.8) is 0 Å². The Morgan fingerprint density at radius 2 is 2.11 bits per heavy atom. The molecule has 0 bridgehead atoms. The molecule has 108 valence electrons. The highest BCUT2D eigenvalue weighted by Gasteiger charge is 2.24. The lowest BCUT2D eigenvalue weighted by Crippen LogP contribution is -2.46. The molecule has 2 unspecified atom stereocenters. The van der Waals surface area contributed by atoms with Crippen LogP contribution in [-0.4, -0.2) is 30.1 Å². The van der Waals surface area contributed by atoms with E-state index in [-0.39, 0.29) is 0 Å². The van der Waals surface area contributed by atoms with E-state index in [1.807, 2.05) is 11.3 Å². The number of nitrogens with one attached hydrogen (secondary N) is 1. The van der Waals surface area contributed by atoms with Gasteiger partial charge in [-0.3, -0.25) is 4.90 Å². The van der Waals surface area contributed by atoms with Crippen LogP contribution in [0.4, 0.5) is 0 Å². The summed E-state index contributed by atoms with van der Waals surface area (Å²) in [4.78, 5) is 5.57. The summed E-state index contributed by atoms with van der Waals surface area (Å²) in [5, 5.41) is 3.68. The van der Waals surface area contributed by atoms with Crippen LogP contribution in [-0.2, 0) is 0 Å². The molecular weight excluding hydrogens is 252 g/mol. The van der Waals surface area contributed by atoms with E-state index in [9.17, 15) is 0 Å². The van der Waals surface area contributed by atoms with Crippen molar-refractivity contribution in [3.05, 3.63) is 21.9 Å². The third kappa shape index (κ3) is 4.04. The minimum Gasteiger partial charge on any atom is -0.313 e. The Morgan fingerprint density at radius 1 is 1.32 bits per heavy atom. The molecule has 0 aliphatic carbocycles. The van der Waals surface area contributed by atoms with E-state index in [2.05, 4.69) is 50.0 Å². The van der Waals surface area contributed by atoms with Crippen molar-refractivity contribution in [1.82, 2.24) is 10.2 Å². The molecule has 0 amide bonds. The molecule has 1 aliphatic rings. The Morgan fingerprint density at radius 3 is 2.63 bits per heavy atom. The van der Waals surface area contributed by atoms with E-state index in [1.165, 1.54) is 42.1 Å². The number of hydrogen-bond acceptors (Lipinski definition) is 3. The van der Waals surface area contributed by atoms with Crippen molar-refractivity contribution >= 4 is 11.3 Å². The van der Waals surface area contributed by atoms with Gasteiger partial charge in [0.15, 0.2) is 0 Å². The summed E-state index contributed by atoms with van der Waals surface area (Å²) >= 11 is 1.94. The maximum Gasteiger partial charge on any atom is 0.0416 e. The number of aryl methyl sites for hydroxylation is 1. The minimum atomic E-state index is 0.530. The summed E-state index contributed by atoms with van der Waals surface area (Å²) < 4.78 is 0. The molecule has 2 heterocycles. The van der Waals surface area contributed by atoms with E-state index in [1.54, 1.807) is 0 Å². The average molecular weight is 280 g/mol. The average Bonchev–Trinajstić information content (AvgIpc) is 2.83. The maximum atomic E-state index is 3.68. The molecule has 1 aliphatic heterocycles. The van der Waals surface area contributed by atoms with E-state index in [0.29, 0.717) is 18.1 Å². The van der Waals surface area contributed by atoms with E-state index < -0.39 is 0 Å². The van der Waals surface area contributed by atoms with Crippen LogP contribution < -0.4 is 5.32 Å². The molecule has 3 heteroatoms. The number of rotatable bonds is 5. The fourth-order valence-electron chi connectivity index (χ4n) is 2.99. The predicted octanol–water partition coefficient (Wildman–Crippen LogP) is 3.97. The van der Waals surface area contributed by atoms with Gasteiger partial charge in [0.1, 0.15) is 0 Å². The lowest BCUT2D eigenvalue weighted by atomic mass is 10.0. The minimum absolute atomic E-state index is 0.530. The van der Waals surface area contributed by atoms with Gasteiger partial charge in [-0.25, -0.2) is 0 Å². The lowest BCUT2D eigenvalue weighted by molar-refractivity contribution is 0.140. The molecule has 1 aromatic rings. The van der Waals surface area contributed by atoms with E-state index in [4.69, 9.17) is 0 Å². The van der Waals surface area contributed by atoms with Gasteiger partial charge in [0.05, 0.1) is 0 Å². The lowest BCUT2D eigenvalue weighted by Gasteiger charge is -2.36. The zero-order valence-corrected chi connectivity index (χ0v) is 13.6. The van der Waals surface area contributed by atoms with Crippen molar-refractivity contribution < 1.29 is 0 Å². The molecule has 1 N–H and O–H groups in total. The molecule has 0 spiro atoms. The molecule has 1 fully saturated rings. The van der Waals surface area contributed by atoms with Crippen LogP contribution in [0.1, 0.15) is 55.8 Å². The van der Waals surface area contributed by atoms with Gasteiger partial charge in [0.2, 0.25) is 0 Å². The molecule has 0 radical (unpaired) electrons. The Hall–Kier alpha value is -0.380. The Kier molecular flexibility index (Phi) is 5.43. The molecular formula is C16H28N2S. The zero-order valence-electron chi connectivity index (χ0n) is 12.8. The van der Waals surface area contributed by atoms with Crippen molar-refractivity contribution in [2.45, 2.75) is 65.1 Å². The topological polar surface area (TPSA) is 15.3 Å². The normalized spacial score (nSPS) is 22.1. The maximum absolute atomic E-state index is 3.68. The summed E-state index contributed by atoms with van der Waals surface area (Å²) in [5.41, 5.74) is 0. The van der Waals surface area contributed by atoms with Crippen molar-refractivity contribution in [2.75, 3.05) is 13.1 Å². The van der Waals surface area contributed by atoms with Gasteiger partial charge in [-0.1, -0.05) is 6.42 Å². The number of piperidine rings is 1. The highest BCUT2D eigenvalue weighted by Crippen LogP contribution is 2.29. The van der Waals surface area contributed by atoms with Crippen molar-refractivity contribution in [3.8, 4) is 0 Å². The summed E-state index contributed by atoms with van der Waals surface area (Å²) in [6.07, 6.45) is 4.06. The van der Waals surface area contributed by atoms with Crippen molar-refractivity contribution in [1.29, 1.82) is 0 Å². The second kappa shape index (κ2) is 6.87. The molecule has 19 heavy (non-hydrogen) atoms. The van der Waals surface area contributed by atoms with Gasteiger partial charge in [0, 0.05) is 34.4 Å². The van der Waals surface area contributed by atoms with Gasteiger partial charge < -0.3 is 5.32 Å². The summed E-state index contributed by atoms with van der Waals surface area (Å²) in [6.45, 7) is 11.6. The first-order valence-corrected chi connectivity index (χ1v) is 8.45. The molecule has 0 aromatic carbocycles. The summed E-state index contributed by atoms with van der Waals surface area (Å²) in [6, 6.07) is 6.35. The Bertz CT molecular complexity index is 380. The Labute approximate surface area is 122 Å². The fourth-order valence-corrected chi connectivity index (χ4v) is 3.94. The highest BCUT2D eigenvalue weighted by molar-refractivity contribution is 7.12. The number of thiophene rings is 1. The largest absolute Gasteiger partial charge is 0.313 e. The van der Waals surface area contributed by atoms with Gasteiger partial charge in [0.25, 0.3) is 0 Å². The highest BCUT2D eigenvalue weighted by atomic mass is 32.1. The van der Waals surface area contributed by atoms with Crippen LogP contribution in [0.25, 0.3) is 0 Å². The first-order chi connectivity index (χ1) is 9.08. The summed E-state index contributed by atoms with van der Waals surface area (Å²) in [7, 11) is 0. The second-order valence-electron chi connectivity index (χ2n) is 6.06. The second-order valence-corrected chi connectivity index (χ2v) is 7.38.